The zero-order chi connectivity index (χ0) is 12.0. The van der Waals surface area contributed by atoms with Gasteiger partial charge in [-0.3, -0.25) is 0 Å². The van der Waals surface area contributed by atoms with E-state index >= 15 is 0 Å². The van der Waals surface area contributed by atoms with Crippen LogP contribution in [0.4, 0.5) is 5.69 Å². The van der Waals surface area contributed by atoms with Crippen LogP contribution in [0.15, 0.2) is 24.3 Å². The number of ether oxygens (including phenoxy) is 2. The summed E-state index contributed by atoms with van der Waals surface area (Å²) in [5.41, 5.74) is 1.09. The third-order valence-corrected chi connectivity index (χ3v) is 2.13. The maximum Gasteiger partial charge on any atom is 0.335 e. The molecule has 0 radical (unpaired) electrons. The third-order valence-electron chi connectivity index (χ3n) is 2.13. The third kappa shape index (κ3) is 3.52. The van der Waals surface area contributed by atoms with Crippen LogP contribution in [0.3, 0.4) is 0 Å². The van der Waals surface area contributed by atoms with Crippen LogP contribution in [0.25, 0.3) is 0 Å². The van der Waals surface area contributed by atoms with Crippen LogP contribution in [0.2, 0.25) is 0 Å². The van der Waals surface area contributed by atoms with E-state index < -0.39 is 5.97 Å². The first-order chi connectivity index (χ1) is 7.67. The fourth-order valence-electron chi connectivity index (χ4n) is 1.19. The van der Waals surface area contributed by atoms with Gasteiger partial charge in [-0.05, 0) is 24.3 Å². The number of anilines is 1. The maximum atomic E-state index is 10.6. The highest BCUT2D eigenvalue weighted by atomic mass is 16.7. The monoisotopic (exact) mass is 225 g/mol. The molecule has 0 aromatic heterocycles. The van der Waals surface area contributed by atoms with E-state index in [-0.39, 0.29) is 11.9 Å². The lowest BCUT2D eigenvalue weighted by Crippen LogP contribution is -2.23. The molecule has 0 fully saturated rings. The molecule has 0 bridgehead atoms. The van der Waals surface area contributed by atoms with E-state index in [9.17, 15) is 4.79 Å². The summed E-state index contributed by atoms with van der Waals surface area (Å²) in [5, 5.41) is 11.8. The van der Waals surface area contributed by atoms with Crippen molar-refractivity contribution in [3.8, 4) is 0 Å². The number of aromatic carboxylic acids is 1. The van der Waals surface area contributed by atoms with E-state index in [2.05, 4.69) is 5.32 Å². The molecule has 1 rings (SSSR count). The zero-order valence-electron chi connectivity index (χ0n) is 9.27. The van der Waals surface area contributed by atoms with E-state index in [0.717, 1.165) is 5.69 Å². The molecule has 5 nitrogen and oxygen atoms in total. The Bertz CT molecular complexity index is 332. The molecule has 0 unspecified atom stereocenters. The first-order valence-corrected chi connectivity index (χ1v) is 4.80. The van der Waals surface area contributed by atoms with Crippen molar-refractivity contribution in [3.63, 3.8) is 0 Å². The molecule has 0 atom stereocenters. The number of carbonyl (C=O) groups is 1. The quantitative estimate of drug-likeness (QED) is 0.716. The van der Waals surface area contributed by atoms with Crippen LogP contribution in [-0.2, 0) is 9.47 Å². The molecule has 5 heteroatoms. The SMILES string of the molecule is COC(CNc1ccc(C(=O)O)cc1)OC. The summed E-state index contributed by atoms with van der Waals surface area (Å²) in [6.45, 7) is 0.499. The number of carboxylic acids is 1. The highest BCUT2D eigenvalue weighted by molar-refractivity contribution is 5.87. The summed E-state index contributed by atoms with van der Waals surface area (Å²) in [7, 11) is 3.12. The molecule has 88 valence electrons. The second-order valence-corrected chi connectivity index (χ2v) is 3.16. The molecule has 2 N–H and O–H groups in total. The van der Waals surface area contributed by atoms with Crippen molar-refractivity contribution in [3.05, 3.63) is 29.8 Å². The number of hydrogen-bond donors (Lipinski definition) is 2. The van der Waals surface area contributed by atoms with Crippen LogP contribution in [-0.4, -0.2) is 38.1 Å². The van der Waals surface area contributed by atoms with Gasteiger partial charge in [-0.2, -0.15) is 0 Å². The van der Waals surface area contributed by atoms with Crippen molar-refractivity contribution in [2.75, 3.05) is 26.1 Å². The summed E-state index contributed by atoms with van der Waals surface area (Å²) in [6, 6.07) is 6.48. The molecular weight excluding hydrogens is 210 g/mol. The zero-order valence-corrected chi connectivity index (χ0v) is 9.27. The maximum absolute atomic E-state index is 10.6. The summed E-state index contributed by atoms with van der Waals surface area (Å²) in [6.07, 6.45) is -0.320. The Morgan fingerprint density at radius 2 is 1.88 bits per heavy atom. The smallest absolute Gasteiger partial charge is 0.335 e. The minimum absolute atomic E-state index is 0.264. The molecule has 0 amide bonds. The first-order valence-electron chi connectivity index (χ1n) is 4.80. The molecule has 0 heterocycles. The standard InChI is InChI=1S/C11H15NO4/c1-15-10(16-2)7-12-9-5-3-8(4-6-9)11(13)14/h3-6,10,12H,7H2,1-2H3,(H,13,14). The van der Waals surface area contributed by atoms with Gasteiger partial charge in [0, 0.05) is 19.9 Å². The van der Waals surface area contributed by atoms with Gasteiger partial charge in [-0.15, -0.1) is 0 Å². The van der Waals surface area contributed by atoms with Crippen LogP contribution in [0.1, 0.15) is 10.4 Å². The predicted octanol–water partition coefficient (Wildman–Crippen LogP) is 1.42. The summed E-state index contributed by atoms with van der Waals surface area (Å²) < 4.78 is 10.0. The number of nitrogens with one attached hydrogen (secondary N) is 1. The Hall–Kier alpha value is -1.59. The molecule has 0 spiro atoms. The average Bonchev–Trinajstić information content (AvgIpc) is 2.31. The molecule has 1 aromatic carbocycles. The second-order valence-electron chi connectivity index (χ2n) is 3.16. The van der Waals surface area contributed by atoms with Gasteiger partial charge in [0.1, 0.15) is 0 Å². The Balaban J connectivity index is 2.52. The van der Waals surface area contributed by atoms with Crippen LogP contribution in [0.5, 0.6) is 0 Å². The van der Waals surface area contributed by atoms with Gasteiger partial charge < -0.3 is 19.9 Å². The molecule has 1 aromatic rings. The fraction of sp³-hybridized carbons (Fsp3) is 0.364. The Morgan fingerprint density at radius 3 is 2.31 bits per heavy atom. The molecule has 0 saturated heterocycles. The minimum atomic E-state index is -0.932. The van der Waals surface area contributed by atoms with Crippen molar-refractivity contribution in [2.45, 2.75) is 6.29 Å². The molecule has 16 heavy (non-hydrogen) atoms. The van der Waals surface area contributed by atoms with Gasteiger partial charge in [0.05, 0.1) is 12.1 Å². The number of carboxylic acid groups (broad SMARTS) is 1. The number of rotatable bonds is 6. The van der Waals surface area contributed by atoms with Crippen molar-refractivity contribution in [1.82, 2.24) is 0 Å². The van der Waals surface area contributed by atoms with E-state index in [4.69, 9.17) is 14.6 Å². The van der Waals surface area contributed by atoms with E-state index in [0.29, 0.717) is 6.54 Å². The average molecular weight is 225 g/mol. The lowest BCUT2D eigenvalue weighted by molar-refractivity contribution is -0.0914. The van der Waals surface area contributed by atoms with Gasteiger partial charge >= 0.3 is 5.97 Å². The molecule has 0 aliphatic carbocycles. The molecule has 0 saturated carbocycles. The van der Waals surface area contributed by atoms with Crippen LogP contribution < -0.4 is 5.32 Å². The normalized spacial score (nSPS) is 10.4. The van der Waals surface area contributed by atoms with E-state index in [1.807, 2.05) is 0 Å². The number of benzene rings is 1. The van der Waals surface area contributed by atoms with Crippen molar-refractivity contribution in [1.29, 1.82) is 0 Å². The highest BCUT2D eigenvalue weighted by Crippen LogP contribution is 2.09. The summed E-state index contributed by atoms with van der Waals surface area (Å²) in [5.74, 6) is -0.932. The number of methoxy groups -OCH3 is 2. The van der Waals surface area contributed by atoms with Crippen LogP contribution in [0, 0.1) is 0 Å². The topological polar surface area (TPSA) is 67.8 Å². The van der Waals surface area contributed by atoms with Crippen molar-refractivity contribution >= 4 is 11.7 Å². The van der Waals surface area contributed by atoms with Gasteiger partial charge in [-0.25, -0.2) is 4.79 Å². The van der Waals surface area contributed by atoms with Gasteiger partial charge in [0.15, 0.2) is 6.29 Å². The molecule has 0 aliphatic rings. The van der Waals surface area contributed by atoms with E-state index in [1.54, 1.807) is 38.5 Å². The lowest BCUT2D eigenvalue weighted by atomic mass is 10.2. The van der Waals surface area contributed by atoms with Crippen molar-refractivity contribution in [2.24, 2.45) is 0 Å². The first kappa shape index (κ1) is 12.5. The predicted molar refractivity (Wildman–Crippen MR) is 59.7 cm³/mol. The van der Waals surface area contributed by atoms with Crippen molar-refractivity contribution < 1.29 is 19.4 Å². The summed E-state index contributed by atoms with van der Waals surface area (Å²) >= 11 is 0. The largest absolute Gasteiger partial charge is 0.478 e. The van der Waals surface area contributed by atoms with Gasteiger partial charge in [0.25, 0.3) is 0 Å². The van der Waals surface area contributed by atoms with Crippen LogP contribution >= 0.6 is 0 Å². The van der Waals surface area contributed by atoms with Gasteiger partial charge in [0.2, 0.25) is 0 Å². The Kier molecular flexibility index (Phi) is 4.75. The summed E-state index contributed by atoms with van der Waals surface area (Å²) in [4.78, 5) is 10.6. The Morgan fingerprint density at radius 1 is 1.31 bits per heavy atom. The lowest BCUT2D eigenvalue weighted by Gasteiger charge is -2.14. The second kappa shape index (κ2) is 6.09. The highest BCUT2D eigenvalue weighted by Gasteiger charge is 2.05. The Labute approximate surface area is 94.0 Å². The fourth-order valence-corrected chi connectivity index (χ4v) is 1.19. The molecular formula is C11H15NO4. The number of hydrogen-bond acceptors (Lipinski definition) is 4. The minimum Gasteiger partial charge on any atom is -0.478 e. The molecule has 0 aliphatic heterocycles. The van der Waals surface area contributed by atoms with E-state index in [1.165, 1.54) is 0 Å². The van der Waals surface area contributed by atoms with Gasteiger partial charge in [-0.1, -0.05) is 0 Å².